The zero-order valence-corrected chi connectivity index (χ0v) is 9.12. The molecule has 0 aliphatic carbocycles. The number of nitrogens with zero attached hydrogens (tertiary/aromatic N) is 2. The molecule has 2 rings (SSSR count). The molecule has 0 fully saturated rings. The Morgan fingerprint density at radius 2 is 2.12 bits per heavy atom. The van der Waals surface area contributed by atoms with Gasteiger partial charge in [-0.2, -0.15) is 5.10 Å². The number of rotatable bonds is 3. The fraction of sp³-hybridized carbons (Fsp3) is 0.0833. The predicted molar refractivity (Wildman–Crippen MR) is 60.6 cm³/mol. The van der Waals surface area contributed by atoms with E-state index in [9.17, 15) is 9.59 Å². The first-order valence-electron chi connectivity index (χ1n) is 4.97. The lowest BCUT2D eigenvalue weighted by Crippen LogP contribution is -2.05. The molecule has 0 bridgehead atoms. The third kappa shape index (κ3) is 1.94. The number of carboxylic acid groups (broad SMARTS) is 1. The van der Waals surface area contributed by atoms with E-state index in [2.05, 4.69) is 5.10 Å². The van der Waals surface area contributed by atoms with Gasteiger partial charge in [-0.25, -0.2) is 9.48 Å². The van der Waals surface area contributed by atoms with Gasteiger partial charge >= 0.3 is 5.97 Å². The average molecular weight is 230 g/mol. The van der Waals surface area contributed by atoms with Crippen molar-refractivity contribution in [3.05, 3.63) is 47.3 Å². The lowest BCUT2D eigenvalue weighted by molar-refractivity contribution is 0.0696. The molecule has 0 aliphatic heterocycles. The van der Waals surface area contributed by atoms with Gasteiger partial charge in [-0.1, -0.05) is 12.1 Å². The van der Waals surface area contributed by atoms with Gasteiger partial charge in [0, 0.05) is 6.20 Å². The summed E-state index contributed by atoms with van der Waals surface area (Å²) in [6.45, 7) is 1.70. The third-order valence-electron chi connectivity index (χ3n) is 2.45. The Morgan fingerprint density at radius 3 is 2.71 bits per heavy atom. The van der Waals surface area contributed by atoms with Crippen LogP contribution in [-0.2, 0) is 0 Å². The quantitative estimate of drug-likeness (QED) is 0.814. The van der Waals surface area contributed by atoms with E-state index in [1.807, 2.05) is 0 Å². The third-order valence-corrected chi connectivity index (χ3v) is 2.45. The number of carbonyl (C=O) groups excluding carboxylic acids is 1. The van der Waals surface area contributed by atoms with Gasteiger partial charge in [-0.3, -0.25) is 4.79 Å². The number of aldehydes is 1. The summed E-state index contributed by atoms with van der Waals surface area (Å²) in [5, 5.41) is 13.2. The number of carboxylic acids is 1. The lowest BCUT2D eigenvalue weighted by atomic mass is 10.2. The van der Waals surface area contributed by atoms with Gasteiger partial charge in [0.25, 0.3) is 0 Å². The van der Waals surface area contributed by atoms with Crippen molar-refractivity contribution in [2.24, 2.45) is 0 Å². The maximum atomic E-state index is 11.0. The number of hydrogen-bond donors (Lipinski definition) is 1. The van der Waals surface area contributed by atoms with Crippen LogP contribution in [0.3, 0.4) is 0 Å². The molecule has 1 aromatic heterocycles. The monoisotopic (exact) mass is 230 g/mol. The van der Waals surface area contributed by atoms with Crippen LogP contribution >= 0.6 is 0 Å². The van der Waals surface area contributed by atoms with Crippen LogP contribution in [0, 0.1) is 6.92 Å². The molecule has 1 aromatic carbocycles. The van der Waals surface area contributed by atoms with Gasteiger partial charge in [0.05, 0.1) is 22.5 Å². The minimum absolute atomic E-state index is 0.146. The SMILES string of the molecule is Cc1nn(-c2ccccc2C(=O)O)cc1C=O. The second-order valence-corrected chi connectivity index (χ2v) is 3.55. The molecule has 0 amide bonds. The van der Waals surface area contributed by atoms with E-state index in [0.717, 1.165) is 0 Å². The van der Waals surface area contributed by atoms with E-state index >= 15 is 0 Å². The summed E-state index contributed by atoms with van der Waals surface area (Å²) in [6, 6.07) is 6.50. The van der Waals surface area contributed by atoms with Crippen LogP contribution in [0.15, 0.2) is 30.5 Å². The Kier molecular flexibility index (Phi) is 2.74. The van der Waals surface area contributed by atoms with Crippen molar-refractivity contribution in [2.75, 3.05) is 0 Å². The fourth-order valence-electron chi connectivity index (χ4n) is 1.57. The van der Waals surface area contributed by atoms with Crippen LogP contribution in [0.2, 0.25) is 0 Å². The number of para-hydroxylation sites is 1. The van der Waals surface area contributed by atoms with Gasteiger partial charge in [0.1, 0.15) is 0 Å². The van der Waals surface area contributed by atoms with Crippen molar-refractivity contribution in [2.45, 2.75) is 6.92 Å². The van der Waals surface area contributed by atoms with E-state index in [4.69, 9.17) is 5.11 Å². The topological polar surface area (TPSA) is 72.2 Å². The minimum Gasteiger partial charge on any atom is -0.478 e. The lowest BCUT2D eigenvalue weighted by Gasteiger charge is -2.04. The number of aromatic nitrogens is 2. The summed E-state index contributed by atoms with van der Waals surface area (Å²) in [5.74, 6) is -1.03. The number of aromatic carboxylic acids is 1. The molecule has 0 saturated heterocycles. The van der Waals surface area contributed by atoms with Crippen molar-refractivity contribution in [1.29, 1.82) is 0 Å². The Hall–Kier alpha value is -2.43. The van der Waals surface area contributed by atoms with Crippen LogP contribution in [0.5, 0.6) is 0 Å². The van der Waals surface area contributed by atoms with Crippen molar-refractivity contribution >= 4 is 12.3 Å². The van der Waals surface area contributed by atoms with E-state index < -0.39 is 5.97 Å². The van der Waals surface area contributed by atoms with Crippen LogP contribution < -0.4 is 0 Å². The highest BCUT2D eigenvalue weighted by atomic mass is 16.4. The number of hydrogen-bond acceptors (Lipinski definition) is 3. The molecule has 0 atom stereocenters. The molecule has 0 saturated carbocycles. The Morgan fingerprint density at radius 1 is 1.41 bits per heavy atom. The van der Waals surface area contributed by atoms with E-state index in [1.54, 1.807) is 25.1 Å². The van der Waals surface area contributed by atoms with Crippen molar-refractivity contribution in [1.82, 2.24) is 9.78 Å². The molecule has 17 heavy (non-hydrogen) atoms. The summed E-state index contributed by atoms with van der Waals surface area (Å²) >= 11 is 0. The molecule has 86 valence electrons. The van der Waals surface area contributed by atoms with Gasteiger partial charge in [0.15, 0.2) is 6.29 Å². The van der Waals surface area contributed by atoms with Gasteiger partial charge < -0.3 is 5.11 Å². The fourth-order valence-corrected chi connectivity index (χ4v) is 1.57. The predicted octanol–water partition coefficient (Wildman–Crippen LogP) is 1.69. The molecule has 0 radical (unpaired) electrons. The molecule has 1 N–H and O–H groups in total. The van der Waals surface area contributed by atoms with Crippen LogP contribution in [-0.4, -0.2) is 27.1 Å². The smallest absolute Gasteiger partial charge is 0.337 e. The Balaban J connectivity index is 2.59. The van der Waals surface area contributed by atoms with Crippen molar-refractivity contribution < 1.29 is 14.7 Å². The molecule has 0 unspecified atom stereocenters. The highest BCUT2D eigenvalue weighted by molar-refractivity contribution is 5.92. The molecular formula is C12H10N2O3. The van der Waals surface area contributed by atoms with Crippen molar-refractivity contribution in [3.8, 4) is 5.69 Å². The molecule has 0 aliphatic rings. The van der Waals surface area contributed by atoms with Crippen LogP contribution in [0.25, 0.3) is 5.69 Å². The summed E-state index contributed by atoms with van der Waals surface area (Å²) < 4.78 is 1.41. The molecule has 5 heteroatoms. The Labute approximate surface area is 97.3 Å². The maximum absolute atomic E-state index is 11.0. The summed E-state index contributed by atoms with van der Waals surface area (Å²) in [4.78, 5) is 21.8. The zero-order chi connectivity index (χ0) is 12.4. The molecule has 1 heterocycles. The summed E-state index contributed by atoms with van der Waals surface area (Å²) in [5.41, 5.74) is 1.61. The number of aryl methyl sites for hydroxylation is 1. The van der Waals surface area contributed by atoms with E-state index in [1.165, 1.54) is 16.9 Å². The minimum atomic E-state index is -1.03. The van der Waals surface area contributed by atoms with Gasteiger partial charge in [-0.05, 0) is 19.1 Å². The highest BCUT2D eigenvalue weighted by Crippen LogP contribution is 2.15. The van der Waals surface area contributed by atoms with Gasteiger partial charge in [-0.15, -0.1) is 0 Å². The summed E-state index contributed by atoms with van der Waals surface area (Å²) in [7, 11) is 0. The maximum Gasteiger partial charge on any atom is 0.337 e. The zero-order valence-electron chi connectivity index (χ0n) is 9.12. The van der Waals surface area contributed by atoms with E-state index in [0.29, 0.717) is 23.2 Å². The molecular weight excluding hydrogens is 220 g/mol. The standard InChI is InChI=1S/C12H10N2O3/c1-8-9(7-15)6-14(13-8)11-5-3-2-4-10(11)12(16)17/h2-7H,1H3,(H,16,17). The second kappa shape index (κ2) is 4.21. The normalized spacial score (nSPS) is 10.2. The number of carbonyl (C=O) groups is 2. The van der Waals surface area contributed by atoms with Crippen molar-refractivity contribution in [3.63, 3.8) is 0 Å². The first-order valence-corrected chi connectivity index (χ1v) is 4.97. The first-order chi connectivity index (χ1) is 8.13. The first kappa shape index (κ1) is 11.1. The van der Waals surface area contributed by atoms with E-state index in [-0.39, 0.29) is 5.56 Å². The Bertz CT molecular complexity index is 587. The van der Waals surface area contributed by atoms with Crippen LogP contribution in [0.1, 0.15) is 26.4 Å². The summed E-state index contributed by atoms with van der Waals surface area (Å²) in [6.07, 6.45) is 2.21. The van der Waals surface area contributed by atoms with Gasteiger partial charge in [0.2, 0.25) is 0 Å². The number of benzene rings is 1. The molecule has 5 nitrogen and oxygen atoms in total. The molecule has 2 aromatic rings. The largest absolute Gasteiger partial charge is 0.478 e. The second-order valence-electron chi connectivity index (χ2n) is 3.55. The molecule has 0 spiro atoms. The van der Waals surface area contributed by atoms with Crippen LogP contribution in [0.4, 0.5) is 0 Å². The average Bonchev–Trinajstić information content (AvgIpc) is 2.70. The highest BCUT2D eigenvalue weighted by Gasteiger charge is 2.12.